The summed E-state index contributed by atoms with van der Waals surface area (Å²) in [5, 5.41) is 2.48. The molecule has 2 atom stereocenters. The van der Waals surface area contributed by atoms with E-state index in [0.29, 0.717) is 65.5 Å². The van der Waals surface area contributed by atoms with E-state index in [4.69, 9.17) is 21.3 Å². The first-order valence-corrected chi connectivity index (χ1v) is 17.2. The van der Waals surface area contributed by atoms with Gasteiger partial charge >= 0.3 is 6.01 Å². The van der Waals surface area contributed by atoms with E-state index < -0.39 is 17.5 Å². The van der Waals surface area contributed by atoms with E-state index in [9.17, 15) is 9.18 Å². The molecule has 3 aliphatic rings. The molecule has 13 heteroatoms. The number of anilines is 1. The summed E-state index contributed by atoms with van der Waals surface area (Å²) < 4.78 is 37.5. The average Bonchev–Trinajstić information content (AvgIpc) is 3.63. The van der Waals surface area contributed by atoms with Gasteiger partial charge in [-0.05, 0) is 43.0 Å². The van der Waals surface area contributed by atoms with Crippen molar-refractivity contribution in [1.82, 2.24) is 34.7 Å². The van der Waals surface area contributed by atoms with E-state index in [2.05, 4.69) is 24.8 Å². The number of hydrogen-bond donors (Lipinski definition) is 0. The third-order valence-electron chi connectivity index (χ3n) is 10.1. The fourth-order valence-corrected chi connectivity index (χ4v) is 7.99. The van der Waals surface area contributed by atoms with Gasteiger partial charge in [0.1, 0.15) is 36.1 Å². The van der Waals surface area contributed by atoms with Crippen molar-refractivity contribution in [2.75, 3.05) is 51.3 Å². The summed E-state index contributed by atoms with van der Waals surface area (Å²) in [4.78, 5) is 40.6. The molecule has 50 heavy (non-hydrogen) atoms. The lowest BCUT2D eigenvalue weighted by molar-refractivity contribution is -0.131. The molecule has 1 amide bonds. The second-order valence-electron chi connectivity index (χ2n) is 13.5. The maximum atomic E-state index is 16.7. The van der Waals surface area contributed by atoms with Gasteiger partial charge in [-0.3, -0.25) is 14.7 Å². The first-order chi connectivity index (χ1) is 24.3. The van der Waals surface area contributed by atoms with E-state index in [1.54, 1.807) is 41.6 Å². The number of benzene rings is 2. The van der Waals surface area contributed by atoms with Crippen LogP contribution in [-0.2, 0) is 4.79 Å². The standard InChI is InChI=1S/C37H35ClF2N8O2/c1-46(17-23-18-47(19-23)30(49)10-9-26-11-13-41-22-43-26)35-28-16-42-33(27-7-2-5-24-6-3-8-29(38)31(24)27)32(40)34(28)44-36(45-35)50-21-37-12-4-14-48(37)20-25(39)15-37/h2-3,5-11,13,16,22-23,25H,4,12,14-15,17-21H2,1H3/b10-9+/t25-,37+/m1/s1. The van der Waals surface area contributed by atoms with Crippen molar-refractivity contribution in [1.29, 1.82) is 0 Å². The monoisotopic (exact) mass is 696 g/mol. The largest absolute Gasteiger partial charge is 0.461 e. The van der Waals surface area contributed by atoms with E-state index in [0.717, 1.165) is 24.8 Å². The zero-order valence-electron chi connectivity index (χ0n) is 27.5. The molecule has 2 aromatic carbocycles. The quantitative estimate of drug-likeness (QED) is 0.172. The summed E-state index contributed by atoms with van der Waals surface area (Å²) in [6, 6.07) is 12.9. The Morgan fingerprint density at radius 2 is 1.98 bits per heavy atom. The predicted octanol–water partition coefficient (Wildman–Crippen LogP) is 5.99. The number of aromatic nitrogens is 5. The molecule has 5 aromatic rings. The van der Waals surface area contributed by atoms with Gasteiger partial charge in [0.05, 0.1) is 16.6 Å². The van der Waals surface area contributed by atoms with Gasteiger partial charge in [-0.1, -0.05) is 41.9 Å². The van der Waals surface area contributed by atoms with Crippen LogP contribution in [0.1, 0.15) is 25.0 Å². The van der Waals surface area contributed by atoms with Crippen LogP contribution in [0.25, 0.3) is 39.0 Å². The topological polar surface area (TPSA) is 100 Å². The number of halogens is 3. The van der Waals surface area contributed by atoms with E-state index in [-0.39, 0.29) is 35.7 Å². The number of likely N-dealkylation sites (tertiary alicyclic amines) is 1. The highest BCUT2D eigenvalue weighted by Crippen LogP contribution is 2.41. The second-order valence-corrected chi connectivity index (χ2v) is 13.9. The van der Waals surface area contributed by atoms with Crippen molar-refractivity contribution in [3.63, 3.8) is 0 Å². The lowest BCUT2D eigenvalue weighted by Crippen LogP contribution is -2.53. The van der Waals surface area contributed by atoms with Crippen LogP contribution in [-0.4, -0.2) is 98.7 Å². The summed E-state index contributed by atoms with van der Waals surface area (Å²) in [6.07, 6.45) is 9.11. The first-order valence-electron chi connectivity index (χ1n) is 16.8. The first kappa shape index (κ1) is 32.4. The Hall–Kier alpha value is -4.81. The number of nitrogens with zero attached hydrogens (tertiary/aromatic N) is 8. The van der Waals surface area contributed by atoms with Crippen LogP contribution in [0.4, 0.5) is 14.6 Å². The molecule has 0 aliphatic carbocycles. The number of alkyl halides is 1. The zero-order chi connectivity index (χ0) is 34.4. The minimum Gasteiger partial charge on any atom is -0.461 e. The van der Waals surface area contributed by atoms with Gasteiger partial charge in [0, 0.05) is 80.0 Å². The van der Waals surface area contributed by atoms with Crippen molar-refractivity contribution in [3.05, 3.63) is 83.8 Å². The maximum Gasteiger partial charge on any atom is 0.319 e. The highest BCUT2D eigenvalue weighted by molar-refractivity contribution is 6.36. The van der Waals surface area contributed by atoms with Gasteiger partial charge in [0.15, 0.2) is 5.82 Å². The van der Waals surface area contributed by atoms with Crippen LogP contribution in [0.2, 0.25) is 5.02 Å². The Kier molecular flexibility index (Phi) is 8.52. The molecule has 256 valence electrons. The van der Waals surface area contributed by atoms with Crippen molar-refractivity contribution in [2.45, 2.75) is 31.0 Å². The number of carbonyl (C=O) groups is 1. The number of pyridine rings is 1. The van der Waals surface area contributed by atoms with Gasteiger partial charge < -0.3 is 14.5 Å². The number of fused-ring (bicyclic) bond motifs is 3. The van der Waals surface area contributed by atoms with Crippen LogP contribution in [0.5, 0.6) is 6.01 Å². The van der Waals surface area contributed by atoms with Gasteiger partial charge in [-0.2, -0.15) is 9.97 Å². The summed E-state index contributed by atoms with van der Waals surface area (Å²) >= 11 is 6.61. The Bertz CT molecular complexity index is 2110. The molecule has 3 aliphatic heterocycles. The summed E-state index contributed by atoms with van der Waals surface area (Å²) in [5.74, 6) is -0.0895. The lowest BCUT2D eigenvalue weighted by Gasteiger charge is -2.40. The van der Waals surface area contributed by atoms with Crippen molar-refractivity contribution >= 4 is 51.1 Å². The number of rotatable bonds is 9. The SMILES string of the molecule is CN(CC1CN(C(=O)/C=C/c2ccncn2)C1)c1nc(OC[C@@]23CCCN2C[C@H](F)C3)nc2c(F)c(-c3cccc4cccc(Cl)c34)ncc12. The summed E-state index contributed by atoms with van der Waals surface area (Å²) in [5.41, 5.74) is 0.979. The van der Waals surface area contributed by atoms with Crippen molar-refractivity contribution in [2.24, 2.45) is 5.92 Å². The molecule has 8 rings (SSSR count). The molecular weight excluding hydrogens is 662 g/mol. The molecule has 10 nitrogen and oxygen atoms in total. The average molecular weight is 697 g/mol. The summed E-state index contributed by atoms with van der Waals surface area (Å²) in [7, 11) is 1.88. The third-order valence-corrected chi connectivity index (χ3v) is 10.5. The van der Waals surface area contributed by atoms with Crippen LogP contribution in [0, 0.1) is 11.7 Å². The molecule has 3 fully saturated rings. The highest BCUT2D eigenvalue weighted by atomic mass is 35.5. The van der Waals surface area contributed by atoms with Crippen LogP contribution >= 0.6 is 11.6 Å². The molecule has 0 bridgehead atoms. The fourth-order valence-electron chi connectivity index (χ4n) is 7.71. The Morgan fingerprint density at radius 3 is 2.80 bits per heavy atom. The van der Waals surface area contributed by atoms with Gasteiger partial charge in [0.25, 0.3) is 0 Å². The summed E-state index contributed by atoms with van der Waals surface area (Å²) in [6.45, 7) is 3.10. The molecule has 3 saturated heterocycles. The Balaban J connectivity index is 1.09. The van der Waals surface area contributed by atoms with Crippen molar-refractivity contribution in [3.8, 4) is 17.3 Å². The lowest BCUT2D eigenvalue weighted by atomic mass is 9.95. The van der Waals surface area contributed by atoms with E-state index in [1.165, 1.54) is 12.4 Å². The Labute approximate surface area is 292 Å². The minimum atomic E-state index is -0.909. The number of hydrogen-bond acceptors (Lipinski definition) is 9. The zero-order valence-corrected chi connectivity index (χ0v) is 28.2. The number of amides is 1. The molecule has 3 aromatic heterocycles. The highest BCUT2D eigenvalue weighted by Gasteiger charge is 2.49. The molecule has 0 radical (unpaired) electrons. The number of carbonyl (C=O) groups excluding carboxylic acids is 1. The van der Waals surface area contributed by atoms with Crippen molar-refractivity contribution < 1.29 is 18.3 Å². The third kappa shape index (κ3) is 6.00. The Morgan fingerprint density at radius 1 is 1.14 bits per heavy atom. The predicted molar refractivity (Wildman–Crippen MR) is 188 cm³/mol. The maximum absolute atomic E-state index is 16.7. The molecule has 6 heterocycles. The number of ether oxygens (including phenoxy) is 1. The second kappa shape index (κ2) is 13.1. The van der Waals surface area contributed by atoms with Gasteiger partial charge in [-0.15, -0.1) is 0 Å². The smallest absolute Gasteiger partial charge is 0.319 e. The van der Waals surface area contributed by atoms with Crippen LogP contribution in [0.15, 0.2) is 67.3 Å². The minimum absolute atomic E-state index is 0.0233. The normalized spacial score (nSPS) is 20.9. The van der Waals surface area contributed by atoms with Crippen LogP contribution in [0.3, 0.4) is 0 Å². The fraction of sp³-hybridized carbons (Fsp3) is 0.351. The molecule has 0 unspecified atom stereocenters. The van der Waals surface area contributed by atoms with Gasteiger partial charge in [-0.25, -0.2) is 18.7 Å². The molecule has 0 spiro atoms. The van der Waals surface area contributed by atoms with Crippen LogP contribution < -0.4 is 9.64 Å². The van der Waals surface area contributed by atoms with E-state index in [1.807, 2.05) is 36.2 Å². The molecular formula is C37H35ClF2N8O2. The molecule has 0 saturated carbocycles. The van der Waals surface area contributed by atoms with Gasteiger partial charge in [0.2, 0.25) is 5.91 Å². The van der Waals surface area contributed by atoms with E-state index >= 15 is 4.39 Å². The molecule has 0 N–H and O–H groups in total.